The van der Waals surface area contributed by atoms with Gasteiger partial charge in [-0.05, 0) is 92.7 Å². The van der Waals surface area contributed by atoms with Crippen molar-refractivity contribution < 1.29 is 0 Å². The molecule has 0 saturated carbocycles. The highest BCUT2D eigenvalue weighted by Gasteiger charge is 2.23. The standard InChI is InChI=1S/C20H18N4S2.C19H16N4S2/c1-12-14(6-8-24(12)2)19-10-15-16(5-7-21-20(15)26-19)23-13-3-4-18-17(9-13)22-11-25-18;1-11-13(4-6-20-11)18-9-14-15(5-7-21-19(14)25-18)23-12-2-3-17-16(8-12)22-10-24-17/h3-7,9-12H,8H2,1-2H3,(H,21,23);2-5,7-11,20H,6H2,1H3,(H,21,23). The largest absolute Gasteiger partial charge is 0.355 e. The zero-order valence-electron chi connectivity index (χ0n) is 28.2. The molecule has 6 aromatic heterocycles. The Morgan fingerprint density at radius 3 is 1.76 bits per heavy atom. The van der Waals surface area contributed by atoms with E-state index in [9.17, 15) is 0 Å². The molecule has 10 rings (SSSR count). The van der Waals surface area contributed by atoms with E-state index in [1.54, 1.807) is 45.3 Å². The van der Waals surface area contributed by atoms with E-state index in [1.807, 2.05) is 35.5 Å². The molecular formula is C39H34N8S4. The van der Waals surface area contributed by atoms with E-state index >= 15 is 0 Å². The summed E-state index contributed by atoms with van der Waals surface area (Å²) in [5.74, 6) is 0. The van der Waals surface area contributed by atoms with Gasteiger partial charge in [0.1, 0.15) is 9.66 Å². The second kappa shape index (κ2) is 13.5. The van der Waals surface area contributed by atoms with E-state index in [2.05, 4.69) is 122 Å². The lowest BCUT2D eigenvalue weighted by molar-refractivity contribution is 0.358. The van der Waals surface area contributed by atoms with Gasteiger partial charge in [-0.3, -0.25) is 4.90 Å². The number of benzene rings is 2. The van der Waals surface area contributed by atoms with E-state index in [-0.39, 0.29) is 0 Å². The number of aromatic nitrogens is 4. The zero-order valence-corrected chi connectivity index (χ0v) is 31.4. The lowest BCUT2D eigenvalue weighted by Crippen LogP contribution is -2.23. The number of likely N-dealkylation sites (N-methyl/N-ethyl adjacent to an activating group) is 1. The van der Waals surface area contributed by atoms with Crippen molar-refractivity contribution in [3.63, 3.8) is 0 Å². The van der Waals surface area contributed by atoms with Gasteiger partial charge in [-0.1, -0.05) is 12.2 Å². The fraction of sp³-hybridized carbons (Fsp3) is 0.179. The molecule has 0 spiro atoms. The summed E-state index contributed by atoms with van der Waals surface area (Å²) in [4.78, 5) is 25.1. The summed E-state index contributed by atoms with van der Waals surface area (Å²) in [6.45, 7) is 6.42. The Labute approximate surface area is 311 Å². The van der Waals surface area contributed by atoms with Crippen molar-refractivity contribution >= 4 is 120 Å². The summed E-state index contributed by atoms with van der Waals surface area (Å²) in [6.07, 6.45) is 8.36. The van der Waals surface area contributed by atoms with Crippen LogP contribution in [0.2, 0.25) is 0 Å². The van der Waals surface area contributed by atoms with Crippen LogP contribution in [0.25, 0.3) is 52.0 Å². The molecule has 8 aromatic rings. The summed E-state index contributed by atoms with van der Waals surface area (Å²) < 4.78 is 2.41. The van der Waals surface area contributed by atoms with Gasteiger partial charge in [0.05, 0.1) is 42.8 Å². The number of hydrogen-bond donors (Lipinski definition) is 3. The molecule has 2 unspecified atom stereocenters. The molecule has 3 N–H and O–H groups in total. The summed E-state index contributed by atoms with van der Waals surface area (Å²) in [5.41, 5.74) is 12.9. The van der Waals surface area contributed by atoms with Crippen molar-refractivity contribution in [1.29, 1.82) is 0 Å². The molecule has 0 bridgehead atoms. The highest BCUT2D eigenvalue weighted by molar-refractivity contribution is 7.20. The van der Waals surface area contributed by atoms with Crippen LogP contribution in [-0.2, 0) is 0 Å². The molecule has 2 aliphatic heterocycles. The molecule has 51 heavy (non-hydrogen) atoms. The zero-order chi connectivity index (χ0) is 34.5. The molecule has 8 heterocycles. The summed E-state index contributed by atoms with van der Waals surface area (Å²) in [7, 11) is 2.17. The Morgan fingerprint density at radius 2 is 1.25 bits per heavy atom. The monoisotopic (exact) mass is 742 g/mol. The Morgan fingerprint density at radius 1 is 0.686 bits per heavy atom. The topological polar surface area (TPSA) is 90.9 Å². The van der Waals surface area contributed by atoms with Crippen LogP contribution in [0.3, 0.4) is 0 Å². The number of fused-ring (bicyclic) bond motifs is 4. The third kappa shape index (κ3) is 6.32. The Bertz CT molecular complexity index is 2610. The quantitative estimate of drug-likeness (QED) is 0.155. The Balaban J connectivity index is 0.000000137. The van der Waals surface area contributed by atoms with Crippen LogP contribution in [-0.4, -0.2) is 57.1 Å². The average Bonchev–Trinajstić information content (AvgIpc) is 3.99. The maximum Gasteiger partial charge on any atom is 0.125 e. The molecule has 254 valence electrons. The maximum absolute atomic E-state index is 4.59. The van der Waals surface area contributed by atoms with Crippen LogP contribution in [0.15, 0.2) is 96.2 Å². The fourth-order valence-corrected chi connectivity index (χ4v) is 10.2. The molecule has 8 nitrogen and oxygen atoms in total. The van der Waals surface area contributed by atoms with Crippen molar-refractivity contribution in [3.8, 4) is 0 Å². The normalized spacial score (nSPS) is 17.6. The maximum atomic E-state index is 4.59. The Hall–Kier alpha value is -4.56. The first-order valence-electron chi connectivity index (χ1n) is 16.8. The van der Waals surface area contributed by atoms with Gasteiger partial charge < -0.3 is 16.0 Å². The Kier molecular flexibility index (Phi) is 8.58. The van der Waals surface area contributed by atoms with Crippen LogP contribution < -0.4 is 16.0 Å². The lowest BCUT2D eigenvalue weighted by atomic mass is 10.1. The summed E-state index contributed by atoms with van der Waals surface area (Å²) >= 11 is 6.86. The first-order valence-corrected chi connectivity index (χ1v) is 20.2. The van der Waals surface area contributed by atoms with Crippen LogP contribution in [0.5, 0.6) is 0 Å². The van der Waals surface area contributed by atoms with E-state index in [1.165, 1.54) is 41.1 Å². The van der Waals surface area contributed by atoms with Gasteiger partial charge in [-0.2, -0.15) is 0 Å². The lowest BCUT2D eigenvalue weighted by Gasteiger charge is -2.17. The molecule has 0 saturated heterocycles. The van der Waals surface area contributed by atoms with Crippen molar-refractivity contribution in [1.82, 2.24) is 30.2 Å². The fourth-order valence-electron chi connectivity index (χ4n) is 6.63. The smallest absolute Gasteiger partial charge is 0.125 e. The first kappa shape index (κ1) is 32.4. The molecule has 0 amide bonds. The molecule has 12 heteroatoms. The van der Waals surface area contributed by atoms with Gasteiger partial charge in [0.25, 0.3) is 0 Å². The van der Waals surface area contributed by atoms with Crippen molar-refractivity contribution in [2.75, 3.05) is 30.8 Å². The number of anilines is 4. The van der Waals surface area contributed by atoms with Crippen molar-refractivity contribution in [2.45, 2.75) is 25.9 Å². The summed E-state index contributed by atoms with van der Waals surface area (Å²) in [6, 6.07) is 22.1. The third-order valence-electron chi connectivity index (χ3n) is 9.58. The number of hydrogen-bond acceptors (Lipinski definition) is 12. The van der Waals surface area contributed by atoms with Gasteiger partial charge >= 0.3 is 0 Å². The molecule has 0 fully saturated rings. The number of rotatable bonds is 6. The van der Waals surface area contributed by atoms with Gasteiger partial charge in [-0.15, -0.1) is 45.3 Å². The molecular weight excluding hydrogens is 709 g/mol. The minimum absolute atomic E-state index is 0.400. The minimum atomic E-state index is 0.400. The van der Waals surface area contributed by atoms with E-state index in [0.717, 1.165) is 56.5 Å². The second-order valence-electron chi connectivity index (χ2n) is 12.8. The van der Waals surface area contributed by atoms with Crippen LogP contribution in [0.1, 0.15) is 23.6 Å². The molecule has 2 atom stereocenters. The van der Waals surface area contributed by atoms with Gasteiger partial charge in [-0.25, -0.2) is 19.9 Å². The van der Waals surface area contributed by atoms with Crippen LogP contribution in [0.4, 0.5) is 22.7 Å². The van der Waals surface area contributed by atoms with Crippen molar-refractivity contribution in [3.05, 3.63) is 106 Å². The first-order chi connectivity index (χ1) is 25.0. The SMILES string of the molecule is CC1C(c2cc3c(Nc4ccc5scnc5c4)ccnc3s2)=CCN1C.CC1NCC=C1c1cc2c(Nc3ccc4scnc4c3)ccnc2s1. The predicted octanol–water partition coefficient (Wildman–Crippen LogP) is 10.4. The van der Waals surface area contributed by atoms with Gasteiger partial charge in [0.2, 0.25) is 0 Å². The summed E-state index contributed by atoms with van der Waals surface area (Å²) in [5, 5.41) is 12.9. The van der Waals surface area contributed by atoms with Crippen molar-refractivity contribution in [2.24, 2.45) is 0 Å². The molecule has 2 aliphatic rings. The van der Waals surface area contributed by atoms with E-state index < -0.39 is 0 Å². The van der Waals surface area contributed by atoms with E-state index in [0.29, 0.717) is 12.1 Å². The van der Waals surface area contributed by atoms with Gasteiger partial charge in [0.15, 0.2) is 0 Å². The average molecular weight is 743 g/mol. The minimum Gasteiger partial charge on any atom is -0.355 e. The molecule has 0 radical (unpaired) electrons. The molecule has 2 aromatic carbocycles. The van der Waals surface area contributed by atoms with Crippen LogP contribution in [0, 0.1) is 0 Å². The van der Waals surface area contributed by atoms with E-state index in [4.69, 9.17) is 0 Å². The number of thiophene rings is 2. The number of nitrogens with one attached hydrogen (secondary N) is 3. The highest BCUT2D eigenvalue weighted by atomic mass is 32.1. The van der Waals surface area contributed by atoms with Crippen LogP contribution >= 0.6 is 45.3 Å². The molecule has 0 aliphatic carbocycles. The predicted molar refractivity (Wildman–Crippen MR) is 221 cm³/mol. The highest BCUT2D eigenvalue weighted by Crippen LogP contribution is 2.39. The van der Waals surface area contributed by atoms with Gasteiger partial charge in [0, 0.05) is 69.5 Å². The number of nitrogens with zero attached hydrogens (tertiary/aromatic N) is 5. The third-order valence-corrected chi connectivity index (χ3v) is 13.4. The second-order valence-corrected chi connectivity index (χ2v) is 16.6. The number of pyridine rings is 2. The number of thiazole rings is 2.